The maximum absolute atomic E-state index is 14.3. The van der Waals surface area contributed by atoms with Crippen LogP contribution in [0.4, 0.5) is 15.2 Å². The lowest BCUT2D eigenvalue weighted by Crippen LogP contribution is -2.13. The van der Waals surface area contributed by atoms with Gasteiger partial charge in [-0.1, -0.05) is 17.4 Å². The number of aliphatic hydroxyl groups excluding tert-OH is 1. The number of rotatable bonds is 8. The fraction of sp³-hybridized carbons (Fsp3) is 0.0800. The number of halogens is 1. The van der Waals surface area contributed by atoms with Crippen molar-refractivity contribution in [1.82, 2.24) is 19.7 Å². The first-order chi connectivity index (χ1) is 18.9. The highest BCUT2D eigenvalue weighted by Gasteiger charge is 2.21. The molecule has 3 aromatic heterocycles. The molecule has 14 heteroatoms. The molecule has 0 saturated carbocycles. The Bertz CT molecular complexity index is 1780. The summed E-state index contributed by atoms with van der Waals surface area (Å²) < 4.78 is 21.0. The van der Waals surface area contributed by atoms with Crippen molar-refractivity contribution in [2.45, 2.75) is 0 Å². The van der Waals surface area contributed by atoms with Crippen molar-refractivity contribution >= 4 is 39.1 Å². The van der Waals surface area contributed by atoms with Crippen LogP contribution in [0.15, 0.2) is 60.8 Å². The lowest BCUT2D eigenvalue weighted by molar-refractivity contribution is -0.380. The number of fused-ring (bicyclic) bond motifs is 1. The van der Waals surface area contributed by atoms with Crippen LogP contribution < -0.4 is 10.1 Å². The van der Waals surface area contributed by atoms with Gasteiger partial charge in [0.15, 0.2) is 23.0 Å². The molecule has 0 bridgehead atoms. The molecule has 2 aromatic carbocycles. The highest BCUT2D eigenvalue weighted by molar-refractivity contribution is 7.17. The van der Waals surface area contributed by atoms with E-state index in [1.165, 1.54) is 35.1 Å². The molecule has 12 nitrogen and oxygen atoms in total. The molecule has 5 rings (SSSR count). The number of ether oxygens (including phenoxy) is 1. The number of carbonyl (C=O) groups excluding carboxylic acids is 1. The highest BCUT2D eigenvalue weighted by Crippen LogP contribution is 2.31. The summed E-state index contributed by atoms with van der Waals surface area (Å²) in [6.45, 7) is -0.444. The standard InChI is InChI=1S/C25H16FN7O5S/c26-18-5-4-15(11-19(18)38-9-8-34)22-29-23(31-25(35)20-6-7-21(39-20)33(36)37)17-13-28-32(24(17)30-22)16-3-1-2-14(10-16)12-27/h1-7,10-11,13,34H,8-9H2,(H,29,30,31,35). The van der Waals surface area contributed by atoms with E-state index >= 15 is 0 Å². The van der Waals surface area contributed by atoms with Crippen molar-refractivity contribution in [3.63, 3.8) is 0 Å². The topological polar surface area (TPSA) is 169 Å². The van der Waals surface area contributed by atoms with Crippen LogP contribution in [-0.4, -0.2) is 48.9 Å². The Balaban J connectivity index is 1.64. The number of nitrogens with one attached hydrogen (secondary N) is 1. The molecule has 0 atom stereocenters. The van der Waals surface area contributed by atoms with Crippen molar-refractivity contribution in [2.24, 2.45) is 0 Å². The fourth-order valence-electron chi connectivity index (χ4n) is 3.65. The predicted molar refractivity (Wildman–Crippen MR) is 138 cm³/mol. The Kier molecular flexibility index (Phi) is 6.91. The van der Waals surface area contributed by atoms with Crippen molar-refractivity contribution in [1.29, 1.82) is 5.26 Å². The number of aromatic nitrogens is 4. The maximum Gasteiger partial charge on any atom is 0.324 e. The molecule has 0 aliphatic carbocycles. The second-order valence-corrected chi connectivity index (χ2v) is 8.98. The average Bonchev–Trinajstić information content (AvgIpc) is 3.61. The molecule has 0 saturated heterocycles. The summed E-state index contributed by atoms with van der Waals surface area (Å²) in [7, 11) is 0. The van der Waals surface area contributed by atoms with Gasteiger partial charge < -0.3 is 15.2 Å². The van der Waals surface area contributed by atoms with Gasteiger partial charge in [0.1, 0.15) is 12.4 Å². The number of nitro groups is 1. The summed E-state index contributed by atoms with van der Waals surface area (Å²) in [6.07, 6.45) is 1.44. The van der Waals surface area contributed by atoms with Crippen LogP contribution in [0.3, 0.4) is 0 Å². The zero-order valence-electron chi connectivity index (χ0n) is 19.7. The van der Waals surface area contributed by atoms with E-state index < -0.39 is 16.6 Å². The van der Waals surface area contributed by atoms with Gasteiger partial charge in [0.2, 0.25) is 0 Å². The first kappa shape index (κ1) is 25.4. The normalized spacial score (nSPS) is 10.8. The Labute approximate surface area is 222 Å². The minimum absolute atomic E-state index is 0.0564. The SMILES string of the molecule is N#Cc1cccc(-n2ncc3c(NC(=O)c4ccc([N+](=O)[O-])s4)nc(-c4ccc(F)c(OCCO)c4)nc32)c1. The highest BCUT2D eigenvalue weighted by atomic mass is 32.1. The Morgan fingerprint density at radius 1 is 1.23 bits per heavy atom. The summed E-state index contributed by atoms with van der Waals surface area (Å²) in [5.74, 6) is -1.27. The molecule has 2 N–H and O–H groups in total. The molecular formula is C25H16FN7O5S. The third kappa shape index (κ3) is 5.12. The van der Waals surface area contributed by atoms with Gasteiger partial charge in [0.25, 0.3) is 5.91 Å². The third-order valence-corrected chi connectivity index (χ3v) is 6.45. The summed E-state index contributed by atoms with van der Waals surface area (Å²) in [5, 5.41) is 36.6. The molecule has 0 radical (unpaired) electrons. The predicted octanol–water partition coefficient (Wildman–Crippen LogP) is 4.09. The first-order valence-corrected chi connectivity index (χ1v) is 12.0. The number of nitriles is 1. The van der Waals surface area contributed by atoms with E-state index in [1.54, 1.807) is 24.3 Å². The van der Waals surface area contributed by atoms with Crippen LogP contribution >= 0.6 is 11.3 Å². The number of hydrogen-bond acceptors (Lipinski definition) is 10. The fourth-order valence-corrected chi connectivity index (χ4v) is 4.37. The smallest absolute Gasteiger partial charge is 0.324 e. The van der Waals surface area contributed by atoms with Gasteiger partial charge in [0.05, 0.1) is 45.3 Å². The molecule has 39 heavy (non-hydrogen) atoms. The molecule has 0 fully saturated rings. The lowest BCUT2D eigenvalue weighted by Gasteiger charge is -2.11. The summed E-state index contributed by atoms with van der Waals surface area (Å²) in [4.78, 5) is 32.6. The van der Waals surface area contributed by atoms with Crippen LogP contribution in [0, 0.1) is 27.3 Å². The number of amides is 1. The summed E-state index contributed by atoms with van der Waals surface area (Å²) in [6, 6.07) is 15.2. The number of carbonyl (C=O) groups is 1. The first-order valence-electron chi connectivity index (χ1n) is 11.2. The Hall–Kier alpha value is -5.26. The summed E-state index contributed by atoms with van der Waals surface area (Å²) in [5.41, 5.74) is 1.52. The number of aliphatic hydroxyl groups is 1. The molecular weight excluding hydrogens is 529 g/mol. The van der Waals surface area contributed by atoms with Gasteiger partial charge in [-0.3, -0.25) is 14.9 Å². The summed E-state index contributed by atoms with van der Waals surface area (Å²) >= 11 is 0.707. The minimum Gasteiger partial charge on any atom is -0.488 e. The van der Waals surface area contributed by atoms with E-state index in [2.05, 4.69) is 26.5 Å². The molecule has 0 spiro atoms. The van der Waals surface area contributed by atoms with Gasteiger partial charge in [-0.25, -0.2) is 19.0 Å². The molecule has 194 valence electrons. The van der Waals surface area contributed by atoms with E-state index in [1.807, 2.05) is 0 Å². The Morgan fingerprint density at radius 3 is 2.82 bits per heavy atom. The number of anilines is 1. The van der Waals surface area contributed by atoms with Crippen molar-refractivity contribution in [3.8, 4) is 28.9 Å². The van der Waals surface area contributed by atoms with Crippen LogP contribution in [-0.2, 0) is 0 Å². The second kappa shape index (κ2) is 10.6. The average molecular weight is 546 g/mol. The van der Waals surface area contributed by atoms with Crippen LogP contribution in [0.1, 0.15) is 15.2 Å². The molecule has 0 aliphatic rings. The number of hydrogen-bond donors (Lipinski definition) is 2. The van der Waals surface area contributed by atoms with Crippen molar-refractivity contribution in [2.75, 3.05) is 18.5 Å². The van der Waals surface area contributed by atoms with Gasteiger partial charge in [-0.05, 0) is 42.5 Å². The monoisotopic (exact) mass is 545 g/mol. The quantitative estimate of drug-likeness (QED) is 0.215. The number of nitrogens with zero attached hydrogens (tertiary/aromatic N) is 6. The molecule has 0 unspecified atom stereocenters. The van der Waals surface area contributed by atoms with E-state index in [0.717, 1.165) is 6.07 Å². The van der Waals surface area contributed by atoms with E-state index in [-0.39, 0.29) is 46.1 Å². The van der Waals surface area contributed by atoms with Gasteiger partial charge in [-0.2, -0.15) is 10.4 Å². The second-order valence-electron chi connectivity index (χ2n) is 7.92. The van der Waals surface area contributed by atoms with Crippen LogP contribution in [0.25, 0.3) is 28.1 Å². The molecule has 0 aliphatic heterocycles. The number of thiophene rings is 1. The van der Waals surface area contributed by atoms with Crippen LogP contribution in [0.5, 0.6) is 5.75 Å². The lowest BCUT2D eigenvalue weighted by atomic mass is 10.2. The molecule has 1 amide bonds. The molecule has 5 aromatic rings. The van der Waals surface area contributed by atoms with Gasteiger partial charge in [0, 0.05) is 11.6 Å². The van der Waals surface area contributed by atoms with E-state index in [4.69, 9.17) is 9.84 Å². The largest absolute Gasteiger partial charge is 0.488 e. The zero-order valence-corrected chi connectivity index (χ0v) is 20.6. The number of benzene rings is 2. The minimum atomic E-state index is -0.653. The van der Waals surface area contributed by atoms with Crippen molar-refractivity contribution in [3.05, 3.63) is 87.2 Å². The maximum atomic E-state index is 14.3. The van der Waals surface area contributed by atoms with E-state index in [9.17, 15) is 24.6 Å². The van der Waals surface area contributed by atoms with Gasteiger partial charge in [-0.15, -0.1) is 0 Å². The Morgan fingerprint density at radius 2 is 2.08 bits per heavy atom. The third-order valence-electron chi connectivity index (χ3n) is 5.41. The van der Waals surface area contributed by atoms with E-state index in [0.29, 0.717) is 33.5 Å². The zero-order chi connectivity index (χ0) is 27.5. The van der Waals surface area contributed by atoms with Crippen molar-refractivity contribution < 1.29 is 24.0 Å². The van der Waals surface area contributed by atoms with Crippen LogP contribution in [0.2, 0.25) is 0 Å². The van der Waals surface area contributed by atoms with Gasteiger partial charge >= 0.3 is 5.00 Å². The molecule has 3 heterocycles.